The van der Waals surface area contributed by atoms with E-state index in [1.54, 1.807) is 6.07 Å². The number of pyridine rings is 1. The average Bonchev–Trinajstić information content (AvgIpc) is 2.50. The van der Waals surface area contributed by atoms with Gasteiger partial charge in [-0.2, -0.15) is 0 Å². The number of amides is 1. The van der Waals surface area contributed by atoms with Crippen molar-refractivity contribution >= 4 is 16.8 Å². The number of nitrogens with zero attached hydrogens (tertiary/aromatic N) is 2. The molecule has 0 spiro atoms. The molecule has 20 heavy (non-hydrogen) atoms. The molecular formula is C16H21N3O. The van der Waals surface area contributed by atoms with Crippen LogP contribution in [0.25, 0.3) is 10.9 Å². The second kappa shape index (κ2) is 7.01. The topological polar surface area (TPSA) is 59.2 Å². The van der Waals surface area contributed by atoms with Gasteiger partial charge in [0, 0.05) is 18.5 Å². The SMILES string of the molecule is CCCN(CCCN)C(=O)c1ccc2ccccc2n1. The van der Waals surface area contributed by atoms with Gasteiger partial charge in [-0.05, 0) is 31.5 Å². The van der Waals surface area contributed by atoms with Crippen molar-refractivity contribution in [3.8, 4) is 0 Å². The monoisotopic (exact) mass is 271 g/mol. The number of rotatable bonds is 6. The van der Waals surface area contributed by atoms with Crippen LogP contribution in [-0.4, -0.2) is 35.4 Å². The molecule has 106 valence electrons. The van der Waals surface area contributed by atoms with E-state index in [2.05, 4.69) is 11.9 Å². The fourth-order valence-electron chi connectivity index (χ4n) is 2.21. The molecule has 1 amide bonds. The Bertz CT molecular complexity index is 583. The molecule has 1 aromatic heterocycles. The predicted molar refractivity (Wildman–Crippen MR) is 81.6 cm³/mol. The maximum atomic E-state index is 12.5. The Labute approximate surface area is 119 Å². The maximum absolute atomic E-state index is 12.5. The highest BCUT2D eigenvalue weighted by atomic mass is 16.2. The van der Waals surface area contributed by atoms with E-state index in [9.17, 15) is 4.79 Å². The number of aromatic nitrogens is 1. The Kier molecular flexibility index (Phi) is 5.07. The molecule has 0 bridgehead atoms. The Hall–Kier alpha value is -1.94. The van der Waals surface area contributed by atoms with Crippen molar-refractivity contribution < 1.29 is 4.79 Å². The number of para-hydroxylation sites is 1. The molecule has 4 nitrogen and oxygen atoms in total. The first-order valence-electron chi connectivity index (χ1n) is 7.11. The minimum absolute atomic E-state index is 0.00828. The third kappa shape index (κ3) is 3.33. The zero-order chi connectivity index (χ0) is 14.4. The van der Waals surface area contributed by atoms with Gasteiger partial charge in [0.15, 0.2) is 0 Å². The van der Waals surface area contributed by atoms with E-state index < -0.39 is 0 Å². The summed E-state index contributed by atoms with van der Waals surface area (Å²) >= 11 is 0. The largest absolute Gasteiger partial charge is 0.337 e. The van der Waals surface area contributed by atoms with Crippen molar-refractivity contribution in [2.45, 2.75) is 19.8 Å². The standard InChI is InChI=1S/C16H21N3O/c1-2-11-19(12-5-10-17)16(20)15-9-8-13-6-3-4-7-14(13)18-15/h3-4,6-9H,2,5,10-12,17H2,1H3. The van der Waals surface area contributed by atoms with Crippen molar-refractivity contribution in [1.29, 1.82) is 0 Å². The van der Waals surface area contributed by atoms with Gasteiger partial charge in [0.1, 0.15) is 5.69 Å². The number of fused-ring (bicyclic) bond motifs is 1. The molecule has 0 aliphatic heterocycles. The second-order valence-corrected chi connectivity index (χ2v) is 4.82. The number of benzene rings is 1. The summed E-state index contributed by atoms with van der Waals surface area (Å²) in [6.07, 6.45) is 1.75. The van der Waals surface area contributed by atoms with Gasteiger partial charge in [0.25, 0.3) is 5.91 Å². The molecule has 0 aliphatic carbocycles. The first-order chi connectivity index (χ1) is 9.76. The van der Waals surface area contributed by atoms with Gasteiger partial charge in [-0.25, -0.2) is 4.98 Å². The Morgan fingerprint density at radius 1 is 1.20 bits per heavy atom. The van der Waals surface area contributed by atoms with Crippen LogP contribution >= 0.6 is 0 Å². The highest BCUT2D eigenvalue weighted by molar-refractivity contribution is 5.94. The van der Waals surface area contributed by atoms with Crippen LogP contribution < -0.4 is 5.73 Å². The van der Waals surface area contributed by atoms with Crippen LogP contribution in [0.1, 0.15) is 30.3 Å². The molecule has 2 N–H and O–H groups in total. The summed E-state index contributed by atoms with van der Waals surface area (Å²) < 4.78 is 0. The summed E-state index contributed by atoms with van der Waals surface area (Å²) in [4.78, 5) is 18.8. The highest BCUT2D eigenvalue weighted by Crippen LogP contribution is 2.13. The van der Waals surface area contributed by atoms with Crippen LogP contribution in [0.5, 0.6) is 0 Å². The smallest absolute Gasteiger partial charge is 0.272 e. The number of hydrogen-bond donors (Lipinski definition) is 1. The van der Waals surface area contributed by atoms with Gasteiger partial charge in [-0.15, -0.1) is 0 Å². The van der Waals surface area contributed by atoms with Crippen LogP contribution in [0.15, 0.2) is 36.4 Å². The molecule has 0 saturated carbocycles. The van der Waals surface area contributed by atoms with E-state index >= 15 is 0 Å². The summed E-state index contributed by atoms with van der Waals surface area (Å²) in [5.74, 6) is -0.00828. The summed E-state index contributed by atoms with van der Waals surface area (Å²) in [7, 11) is 0. The van der Waals surface area contributed by atoms with Gasteiger partial charge in [-0.3, -0.25) is 4.79 Å². The van der Waals surface area contributed by atoms with Gasteiger partial charge in [-0.1, -0.05) is 31.2 Å². The summed E-state index contributed by atoms with van der Waals surface area (Å²) in [6.45, 7) is 4.10. The van der Waals surface area contributed by atoms with Crippen molar-refractivity contribution in [3.05, 3.63) is 42.1 Å². The number of carbonyl (C=O) groups excluding carboxylic acids is 1. The fraction of sp³-hybridized carbons (Fsp3) is 0.375. The van der Waals surface area contributed by atoms with E-state index in [-0.39, 0.29) is 5.91 Å². The number of nitrogens with two attached hydrogens (primary N) is 1. The van der Waals surface area contributed by atoms with E-state index in [4.69, 9.17) is 5.73 Å². The molecule has 1 aromatic carbocycles. The molecule has 0 fully saturated rings. The van der Waals surface area contributed by atoms with Crippen molar-refractivity contribution in [3.63, 3.8) is 0 Å². The lowest BCUT2D eigenvalue weighted by Gasteiger charge is -2.21. The van der Waals surface area contributed by atoms with Crippen molar-refractivity contribution in [2.75, 3.05) is 19.6 Å². The van der Waals surface area contributed by atoms with Crippen molar-refractivity contribution in [2.24, 2.45) is 5.73 Å². The molecule has 0 aliphatic rings. The normalized spacial score (nSPS) is 10.7. The van der Waals surface area contributed by atoms with E-state index in [1.165, 1.54) is 0 Å². The molecule has 0 unspecified atom stereocenters. The molecule has 2 aromatic rings. The molecular weight excluding hydrogens is 250 g/mol. The quantitative estimate of drug-likeness (QED) is 0.878. The lowest BCUT2D eigenvalue weighted by atomic mass is 10.2. The molecule has 0 atom stereocenters. The van der Waals surface area contributed by atoms with Gasteiger partial charge in [0.05, 0.1) is 5.52 Å². The van der Waals surface area contributed by atoms with Crippen LogP contribution in [-0.2, 0) is 0 Å². The maximum Gasteiger partial charge on any atom is 0.272 e. The third-order valence-corrected chi connectivity index (χ3v) is 3.23. The van der Waals surface area contributed by atoms with Crippen LogP contribution in [0.3, 0.4) is 0 Å². The number of hydrogen-bond acceptors (Lipinski definition) is 3. The zero-order valence-electron chi connectivity index (χ0n) is 11.9. The molecule has 4 heteroatoms. The van der Waals surface area contributed by atoms with Crippen molar-refractivity contribution in [1.82, 2.24) is 9.88 Å². The fourth-order valence-corrected chi connectivity index (χ4v) is 2.21. The first kappa shape index (κ1) is 14.5. The highest BCUT2D eigenvalue weighted by Gasteiger charge is 2.16. The van der Waals surface area contributed by atoms with Crippen LogP contribution in [0.2, 0.25) is 0 Å². The average molecular weight is 271 g/mol. The van der Waals surface area contributed by atoms with Gasteiger partial charge < -0.3 is 10.6 Å². The van der Waals surface area contributed by atoms with E-state index in [0.29, 0.717) is 18.8 Å². The van der Waals surface area contributed by atoms with Crippen LogP contribution in [0.4, 0.5) is 0 Å². The van der Waals surface area contributed by atoms with Gasteiger partial charge in [0.2, 0.25) is 0 Å². The summed E-state index contributed by atoms with van der Waals surface area (Å²) in [6, 6.07) is 11.6. The Balaban J connectivity index is 2.23. The summed E-state index contributed by atoms with van der Waals surface area (Å²) in [5, 5.41) is 1.05. The minimum atomic E-state index is -0.00828. The van der Waals surface area contributed by atoms with Gasteiger partial charge >= 0.3 is 0 Å². The van der Waals surface area contributed by atoms with E-state index in [1.807, 2.05) is 35.2 Å². The third-order valence-electron chi connectivity index (χ3n) is 3.23. The summed E-state index contributed by atoms with van der Waals surface area (Å²) in [5.41, 5.74) is 6.90. The second-order valence-electron chi connectivity index (χ2n) is 4.82. The molecule has 0 radical (unpaired) electrons. The minimum Gasteiger partial charge on any atom is -0.337 e. The lowest BCUT2D eigenvalue weighted by molar-refractivity contribution is 0.0749. The first-order valence-corrected chi connectivity index (χ1v) is 7.11. The Morgan fingerprint density at radius 2 is 2.00 bits per heavy atom. The van der Waals surface area contributed by atoms with E-state index in [0.717, 1.165) is 30.3 Å². The molecule has 2 rings (SSSR count). The molecule has 0 saturated heterocycles. The number of carbonyl (C=O) groups is 1. The zero-order valence-corrected chi connectivity index (χ0v) is 11.9. The van der Waals surface area contributed by atoms with Crippen LogP contribution in [0, 0.1) is 0 Å². The molecule has 1 heterocycles. The lowest BCUT2D eigenvalue weighted by Crippen LogP contribution is -2.34. The Morgan fingerprint density at radius 3 is 2.75 bits per heavy atom. The predicted octanol–water partition coefficient (Wildman–Crippen LogP) is 2.44.